The number of carbonyl (C=O) groups excluding carboxylic acids is 2. The topological polar surface area (TPSA) is 64.6 Å². The lowest BCUT2D eigenvalue weighted by atomic mass is 10.2. The number of nitrogens with one attached hydrogen (secondary N) is 1. The molecule has 0 unspecified atom stereocenters. The minimum atomic E-state index is -0.514. The smallest absolute Gasteiger partial charge is 0.407 e. The summed E-state index contributed by atoms with van der Waals surface area (Å²) >= 11 is 0. The van der Waals surface area contributed by atoms with E-state index in [4.69, 9.17) is 4.74 Å². The second kappa shape index (κ2) is 4.08. The number of rotatable bonds is 2. The van der Waals surface area contributed by atoms with E-state index < -0.39 is 11.7 Å². The molecule has 0 heterocycles. The van der Waals surface area contributed by atoms with E-state index in [1.54, 1.807) is 20.8 Å². The fourth-order valence-corrected chi connectivity index (χ4v) is 1.23. The summed E-state index contributed by atoms with van der Waals surface area (Å²) in [6, 6.07) is -0.132. The number of carbonyl (C=O) groups is 2. The molecule has 0 saturated heterocycles. The highest BCUT2D eigenvalue weighted by molar-refractivity contribution is 5.78. The van der Waals surface area contributed by atoms with Crippen LogP contribution in [0.2, 0.25) is 0 Å². The van der Waals surface area contributed by atoms with Gasteiger partial charge in [0.05, 0.1) is 13.0 Å². The van der Waals surface area contributed by atoms with Crippen LogP contribution in [0.1, 0.15) is 27.2 Å². The molecule has 1 amide bonds. The number of amides is 1. The molecule has 0 bridgehead atoms. The number of hydrogen-bond donors (Lipinski definition) is 1. The summed E-state index contributed by atoms with van der Waals surface area (Å²) in [6.45, 7) is 5.37. The second-order valence-corrected chi connectivity index (χ2v) is 4.62. The Morgan fingerprint density at radius 2 is 1.93 bits per heavy atom. The first-order valence-electron chi connectivity index (χ1n) is 4.91. The van der Waals surface area contributed by atoms with Crippen molar-refractivity contribution in [2.24, 2.45) is 5.92 Å². The van der Waals surface area contributed by atoms with Gasteiger partial charge in [-0.15, -0.1) is 0 Å². The predicted octanol–water partition coefficient (Wildman–Crippen LogP) is 1.07. The first kappa shape index (κ1) is 11.8. The highest BCUT2D eigenvalue weighted by atomic mass is 16.6. The van der Waals surface area contributed by atoms with E-state index in [1.165, 1.54) is 7.11 Å². The molecule has 1 saturated carbocycles. The Kier molecular flexibility index (Phi) is 3.21. The van der Waals surface area contributed by atoms with Crippen molar-refractivity contribution in [1.82, 2.24) is 5.32 Å². The number of ether oxygens (including phenoxy) is 2. The average molecular weight is 215 g/mol. The Hall–Kier alpha value is -1.26. The largest absolute Gasteiger partial charge is 0.469 e. The van der Waals surface area contributed by atoms with E-state index >= 15 is 0 Å². The van der Waals surface area contributed by atoms with Crippen molar-refractivity contribution in [2.75, 3.05) is 7.11 Å². The molecule has 0 aromatic rings. The summed E-state index contributed by atoms with van der Waals surface area (Å²) in [6.07, 6.45) is 0.144. The van der Waals surface area contributed by atoms with Crippen molar-refractivity contribution in [2.45, 2.75) is 38.8 Å². The van der Waals surface area contributed by atoms with Gasteiger partial charge in [-0.25, -0.2) is 4.79 Å². The molecule has 1 fully saturated rings. The maximum Gasteiger partial charge on any atom is 0.407 e. The predicted molar refractivity (Wildman–Crippen MR) is 53.3 cm³/mol. The monoisotopic (exact) mass is 215 g/mol. The Morgan fingerprint density at radius 1 is 1.33 bits per heavy atom. The van der Waals surface area contributed by atoms with Crippen LogP contribution in [0.15, 0.2) is 0 Å². The van der Waals surface area contributed by atoms with E-state index in [0.29, 0.717) is 6.42 Å². The molecule has 0 aromatic heterocycles. The Bertz CT molecular complexity index is 269. The minimum Gasteiger partial charge on any atom is -0.469 e. The maximum absolute atomic E-state index is 11.3. The lowest BCUT2D eigenvalue weighted by Gasteiger charge is -2.19. The first-order valence-corrected chi connectivity index (χ1v) is 4.91. The molecule has 5 heteroatoms. The van der Waals surface area contributed by atoms with Crippen molar-refractivity contribution in [3.05, 3.63) is 0 Å². The van der Waals surface area contributed by atoms with Crippen LogP contribution in [0.4, 0.5) is 4.79 Å². The van der Waals surface area contributed by atoms with Crippen LogP contribution in [-0.2, 0) is 14.3 Å². The van der Waals surface area contributed by atoms with Crippen LogP contribution < -0.4 is 5.32 Å². The zero-order chi connectivity index (χ0) is 11.6. The quantitative estimate of drug-likeness (QED) is 0.700. The van der Waals surface area contributed by atoms with Gasteiger partial charge in [0.25, 0.3) is 0 Å². The summed E-state index contributed by atoms with van der Waals surface area (Å²) < 4.78 is 9.60. The van der Waals surface area contributed by atoms with Crippen molar-refractivity contribution < 1.29 is 19.1 Å². The molecule has 1 aliphatic carbocycles. The van der Waals surface area contributed by atoms with Crippen molar-refractivity contribution in [1.29, 1.82) is 0 Å². The van der Waals surface area contributed by atoms with Crippen LogP contribution in [0.5, 0.6) is 0 Å². The molecule has 2 atom stereocenters. The van der Waals surface area contributed by atoms with Crippen LogP contribution in [0, 0.1) is 5.92 Å². The van der Waals surface area contributed by atoms with Crippen molar-refractivity contribution in [3.8, 4) is 0 Å². The molecular formula is C10H17NO4. The zero-order valence-electron chi connectivity index (χ0n) is 9.49. The molecule has 15 heavy (non-hydrogen) atoms. The molecule has 5 nitrogen and oxygen atoms in total. The fourth-order valence-electron chi connectivity index (χ4n) is 1.23. The Labute approximate surface area is 89.1 Å². The van der Waals surface area contributed by atoms with Gasteiger partial charge in [0.1, 0.15) is 5.60 Å². The van der Waals surface area contributed by atoms with Crippen LogP contribution >= 0.6 is 0 Å². The van der Waals surface area contributed by atoms with Crippen LogP contribution in [0.25, 0.3) is 0 Å². The van der Waals surface area contributed by atoms with Gasteiger partial charge in [0, 0.05) is 6.04 Å². The third-order valence-electron chi connectivity index (χ3n) is 2.00. The summed E-state index contributed by atoms with van der Waals surface area (Å²) in [5.41, 5.74) is -0.514. The highest BCUT2D eigenvalue weighted by Gasteiger charge is 2.45. The van der Waals surface area contributed by atoms with Gasteiger partial charge in [-0.1, -0.05) is 0 Å². The summed E-state index contributed by atoms with van der Waals surface area (Å²) in [5.74, 6) is -0.487. The van der Waals surface area contributed by atoms with Gasteiger partial charge in [0.2, 0.25) is 0 Å². The van der Waals surface area contributed by atoms with E-state index in [-0.39, 0.29) is 17.9 Å². The summed E-state index contributed by atoms with van der Waals surface area (Å²) in [5, 5.41) is 2.61. The molecule has 0 radical (unpaired) electrons. The minimum absolute atomic E-state index is 0.132. The van der Waals surface area contributed by atoms with Crippen molar-refractivity contribution in [3.63, 3.8) is 0 Å². The molecule has 86 valence electrons. The van der Waals surface area contributed by atoms with Gasteiger partial charge < -0.3 is 14.8 Å². The summed E-state index contributed by atoms with van der Waals surface area (Å²) in [4.78, 5) is 22.3. The first-order chi connectivity index (χ1) is 6.83. The lowest BCUT2D eigenvalue weighted by molar-refractivity contribution is -0.142. The fraction of sp³-hybridized carbons (Fsp3) is 0.800. The third kappa shape index (κ3) is 3.77. The number of esters is 1. The van der Waals surface area contributed by atoms with Gasteiger partial charge in [-0.05, 0) is 27.2 Å². The lowest BCUT2D eigenvalue weighted by Crippen LogP contribution is -2.35. The van der Waals surface area contributed by atoms with Gasteiger partial charge >= 0.3 is 12.1 Å². The maximum atomic E-state index is 11.3. The molecular weight excluding hydrogens is 198 g/mol. The van der Waals surface area contributed by atoms with Gasteiger partial charge in [0.15, 0.2) is 0 Å². The van der Waals surface area contributed by atoms with E-state index in [2.05, 4.69) is 10.1 Å². The second-order valence-electron chi connectivity index (χ2n) is 4.62. The van der Waals surface area contributed by atoms with Crippen LogP contribution in [0.3, 0.4) is 0 Å². The standard InChI is InChI=1S/C10H17NO4/c1-10(2,3)15-9(13)11-7-5-6(7)8(12)14-4/h6-7H,5H2,1-4H3,(H,11,13)/t6-,7+/m0/s1. The molecule has 1 N–H and O–H groups in total. The van der Waals surface area contributed by atoms with Gasteiger partial charge in [-0.3, -0.25) is 4.79 Å². The third-order valence-corrected chi connectivity index (χ3v) is 2.00. The van der Waals surface area contributed by atoms with Crippen LogP contribution in [-0.4, -0.2) is 30.8 Å². The number of alkyl carbamates (subject to hydrolysis) is 1. The molecule has 0 spiro atoms. The summed E-state index contributed by atoms with van der Waals surface area (Å²) in [7, 11) is 1.34. The van der Waals surface area contributed by atoms with Gasteiger partial charge in [-0.2, -0.15) is 0 Å². The molecule has 1 aliphatic rings. The highest BCUT2D eigenvalue weighted by Crippen LogP contribution is 2.31. The number of methoxy groups -OCH3 is 1. The number of hydrogen-bond acceptors (Lipinski definition) is 4. The van der Waals surface area contributed by atoms with E-state index in [9.17, 15) is 9.59 Å². The molecule has 1 rings (SSSR count). The normalized spacial score (nSPS) is 24.3. The molecule has 0 aromatic carbocycles. The van der Waals surface area contributed by atoms with Crippen molar-refractivity contribution >= 4 is 12.1 Å². The van der Waals surface area contributed by atoms with E-state index in [1.807, 2.05) is 0 Å². The molecule has 0 aliphatic heterocycles. The zero-order valence-corrected chi connectivity index (χ0v) is 9.49. The average Bonchev–Trinajstić information content (AvgIpc) is 2.79. The Morgan fingerprint density at radius 3 is 2.40 bits per heavy atom. The van der Waals surface area contributed by atoms with E-state index in [0.717, 1.165) is 0 Å². The Balaban J connectivity index is 2.28. The SMILES string of the molecule is COC(=O)[C@H]1C[C@H]1NC(=O)OC(C)(C)C.